The molecular formula is C16H23BrFN. The molecule has 0 heterocycles. The third-order valence-corrected chi connectivity index (χ3v) is 5.57. The van der Waals surface area contributed by atoms with Gasteiger partial charge >= 0.3 is 0 Å². The van der Waals surface area contributed by atoms with Gasteiger partial charge in [-0.25, -0.2) is 4.39 Å². The molecule has 1 aromatic rings. The Bertz CT molecular complexity index is 435. The quantitative estimate of drug-likeness (QED) is 0.830. The highest BCUT2D eigenvalue weighted by Crippen LogP contribution is 2.41. The highest BCUT2D eigenvalue weighted by molar-refractivity contribution is 9.10. The third kappa shape index (κ3) is 3.19. The van der Waals surface area contributed by atoms with Gasteiger partial charge in [-0.15, -0.1) is 0 Å². The standard InChI is InChI=1S/C16H23BrFN/c1-10-7-8-12(9-11(10)2)16(19-3)13-5-4-6-14(18)15(13)17/h4-6,10-12,16,19H,7-9H2,1-3H3. The van der Waals surface area contributed by atoms with Gasteiger partial charge in [-0.1, -0.05) is 32.4 Å². The molecule has 4 atom stereocenters. The van der Waals surface area contributed by atoms with Crippen LogP contribution in [0.4, 0.5) is 4.39 Å². The number of benzene rings is 1. The van der Waals surface area contributed by atoms with Crippen LogP contribution in [0.5, 0.6) is 0 Å². The molecular weight excluding hydrogens is 305 g/mol. The van der Waals surface area contributed by atoms with Gasteiger partial charge in [0.2, 0.25) is 0 Å². The van der Waals surface area contributed by atoms with Crippen molar-refractivity contribution < 1.29 is 4.39 Å². The van der Waals surface area contributed by atoms with Crippen LogP contribution in [-0.4, -0.2) is 7.05 Å². The molecule has 1 aliphatic rings. The van der Waals surface area contributed by atoms with Gasteiger partial charge in [0.15, 0.2) is 0 Å². The van der Waals surface area contributed by atoms with E-state index in [0.29, 0.717) is 10.4 Å². The number of nitrogens with one attached hydrogen (secondary N) is 1. The van der Waals surface area contributed by atoms with Crippen LogP contribution in [0.1, 0.15) is 44.7 Å². The van der Waals surface area contributed by atoms with Gasteiger partial charge in [-0.2, -0.15) is 0 Å². The second-order valence-corrected chi connectivity index (χ2v) is 6.73. The molecule has 106 valence electrons. The van der Waals surface area contributed by atoms with Crippen molar-refractivity contribution in [1.82, 2.24) is 5.32 Å². The van der Waals surface area contributed by atoms with Gasteiger partial charge in [0.05, 0.1) is 4.47 Å². The van der Waals surface area contributed by atoms with Crippen LogP contribution in [0.25, 0.3) is 0 Å². The van der Waals surface area contributed by atoms with Crippen LogP contribution in [0.3, 0.4) is 0 Å². The van der Waals surface area contributed by atoms with E-state index in [1.54, 1.807) is 6.07 Å². The third-order valence-electron chi connectivity index (χ3n) is 4.74. The molecule has 1 aromatic carbocycles. The Morgan fingerprint density at radius 1 is 1.26 bits per heavy atom. The van der Waals surface area contributed by atoms with E-state index < -0.39 is 0 Å². The second kappa shape index (κ2) is 6.36. The van der Waals surface area contributed by atoms with E-state index in [4.69, 9.17) is 0 Å². The fraction of sp³-hybridized carbons (Fsp3) is 0.625. The van der Waals surface area contributed by atoms with Gasteiger partial charge in [-0.3, -0.25) is 0 Å². The first-order valence-electron chi connectivity index (χ1n) is 7.15. The topological polar surface area (TPSA) is 12.0 Å². The Kier molecular flexibility index (Phi) is 5.02. The minimum Gasteiger partial charge on any atom is -0.313 e. The van der Waals surface area contributed by atoms with Crippen LogP contribution < -0.4 is 5.32 Å². The summed E-state index contributed by atoms with van der Waals surface area (Å²) in [6.45, 7) is 4.68. The maximum Gasteiger partial charge on any atom is 0.137 e. The van der Waals surface area contributed by atoms with E-state index in [1.165, 1.54) is 25.3 Å². The van der Waals surface area contributed by atoms with Crippen LogP contribution in [0.15, 0.2) is 22.7 Å². The Morgan fingerprint density at radius 2 is 2.00 bits per heavy atom. The Balaban J connectivity index is 2.22. The van der Waals surface area contributed by atoms with Crippen LogP contribution in [0, 0.1) is 23.6 Å². The van der Waals surface area contributed by atoms with Gasteiger partial charge in [0.25, 0.3) is 0 Å². The smallest absolute Gasteiger partial charge is 0.137 e. The van der Waals surface area contributed by atoms with Crippen molar-refractivity contribution in [1.29, 1.82) is 0 Å². The summed E-state index contributed by atoms with van der Waals surface area (Å²) in [4.78, 5) is 0. The first kappa shape index (κ1) is 15.0. The van der Waals surface area contributed by atoms with Gasteiger partial charge in [0, 0.05) is 6.04 Å². The summed E-state index contributed by atoms with van der Waals surface area (Å²) in [6, 6.07) is 5.57. The SMILES string of the molecule is CNC(c1cccc(F)c1Br)C1CCC(C)C(C)C1. The minimum absolute atomic E-state index is 0.171. The summed E-state index contributed by atoms with van der Waals surface area (Å²) in [6.07, 6.45) is 3.71. The molecule has 0 spiro atoms. The fourth-order valence-electron chi connectivity index (χ4n) is 3.30. The molecule has 1 saturated carbocycles. The van der Waals surface area contributed by atoms with Crippen molar-refractivity contribution >= 4 is 15.9 Å². The molecule has 1 nitrogen and oxygen atoms in total. The van der Waals surface area contributed by atoms with Crippen molar-refractivity contribution in [2.24, 2.45) is 17.8 Å². The lowest BCUT2D eigenvalue weighted by molar-refractivity contribution is 0.174. The zero-order chi connectivity index (χ0) is 14.0. The highest BCUT2D eigenvalue weighted by atomic mass is 79.9. The highest BCUT2D eigenvalue weighted by Gasteiger charge is 2.31. The van der Waals surface area contributed by atoms with Crippen molar-refractivity contribution in [2.75, 3.05) is 7.05 Å². The molecule has 1 fully saturated rings. The van der Waals surface area contributed by atoms with Gasteiger partial charge in [-0.05, 0) is 65.2 Å². The largest absolute Gasteiger partial charge is 0.313 e. The van der Waals surface area contributed by atoms with Crippen LogP contribution in [0.2, 0.25) is 0 Å². The number of halogens is 2. The minimum atomic E-state index is -0.171. The summed E-state index contributed by atoms with van der Waals surface area (Å²) in [5, 5.41) is 3.39. The Labute approximate surface area is 124 Å². The summed E-state index contributed by atoms with van der Waals surface area (Å²) >= 11 is 3.40. The monoisotopic (exact) mass is 327 g/mol. The number of hydrogen-bond acceptors (Lipinski definition) is 1. The molecule has 0 aliphatic heterocycles. The molecule has 0 saturated heterocycles. The zero-order valence-corrected chi connectivity index (χ0v) is 13.5. The van der Waals surface area contributed by atoms with Crippen LogP contribution in [-0.2, 0) is 0 Å². The lowest BCUT2D eigenvalue weighted by Gasteiger charge is -2.37. The maximum absolute atomic E-state index is 13.7. The average molecular weight is 328 g/mol. The summed E-state index contributed by atoms with van der Waals surface area (Å²) < 4.78 is 14.3. The van der Waals surface area contributed by atoms with E-state index in [-0.39, 0.29) is 11.9 Å². The molecule has 3 heteroatoms. The van der Waals surface area contributed by atoms with E-state index in [9.17, 15) is 4.39 Å². The second-order valence-electron chi connectivity index (χ2n) is 5.94. The lowest BCUT2D eigenvalue weighted by atomic mass is 9.72. The molecule has 1 N–H and O–H groups in total. The number of hydrogen-bond donors (Lipinski definition) is 1. The summed E-state index contributed by atoms with van der Waals surface area (Å²) in [5.74, 6) is 1.98. The molecule has 2 rings (SSSR count). The number of rotatable bonds is 3. The Hall–Kier alpha value is -0.410. The average Bonchev–Trinajstić information content (AvgIpc) is 2.39. The van der Waals surface area contributed by atoms with Crippen molar-refractivity contribution in [3.8, 4) is 0 Å². The zero-order valence-electron chi connectivity index (χ0n) is 11.9. The van der Waals surface area contributed by atoms with E-state index in [1.807, 2.05) is 13.1 Å². The van der Waals surface area contributed by atoms with Crippen molar-refractivity contribution in [2.45, 2.75) is 39.2 Å². The molecule has 0 radical (unpaired) electrons. The predicted octanol–water partition coefficient (Wildman–Crippen LogP) is 4.92. The Morgan fingerprint density at radius 3 is 2.63 bits per heavy atom. The molecule has 4 unspecified atom stereocenters. The van der Waals surface area contributed by atoms with Gasteiger partial charge < -0.3 is 5.32 Å². The normalized spacial score (nSPS) is 29.2. The van der Waals surface area contributed by atoms with Crippen molar-refractivity contribution in [3.63, 3.8) is 0 Å². The fourth-order valence-corrected chi connectivity index (χ4v) is 3.81. The van der Waals surface area contributed by atoms with E-state index in [0.717, 1.165) is 17.4 Å². The summed E-state index contributed by atoms with van der Waals surface area (Å²) in [7, 11) is 1.98. The van der Waals surface area contributed by atoms with Crippen molar-refractivity contribution in [3.05, 3.63) is 34.1 Å². The van der Waals surface area contributed by atoms with E-state index in [2.05, 4.69) is 35.1 Å². The predicted molar refractivity (Wildman–Crippen MR) is 81.6 cm³/mol. The van der Waals surface area contributed by atoms with Gasteiger partial charge in [0.1, 0.15) is 5.82 Å². The lowest BCUT2D eigenvalue weighted by Crippen LogP contribution is -2.31. The first-order valence-corrected chi connectivity index (χ1v) is 7.95. The first-order chi connectivity index (χ1) is 9.04. The molecule has 0 amide bonds. The van der Waals surface area contributed by atoms with E-state index >= 15 is 0 Å². The van der Waals surface area contributed by atoms with Crippen LogP contribution >= 0.6 is 15.9 Å². The summed E-state index contributed by atoms with van der Waals surface area (Å²) in [5.41, 5.74) is 1.05. The molecule has 19 heavy (non-hydrogen) atoms. The maximum atomic E-state index is 13.7. The molecule has 1 aliphatic carbocycles. The molecule has 0 aromatic heterocycles. The molecule has 0 bridgehead atoms.